The first kappa shape index (κ1) is 25.8. The summed E-state index contributed by atoms with van der Waals surface area (Å²) in [5, 5.41) is 0.584. The average molecular weight is 502 g/mol. The van der Waals surface area contributed by atoms with Crippen molar-refractivity contribution in [2.75, 3.05) is 42.7 Å². The van der Waals surface area contributed by atoms with E-state index >= 15 is 0 Å². The molecule has 0 atom stereocenters. The van der Waals surface area contributed by atoms with Crippen molar-refractivity contribution in [2.45, 2.75) is 83.4 Å². The van der Waals surface area contributed by atoms with E-state index in [-0.39, 0.29) is 18.1 Å². The van der Waals surface area contributed by atoms with Crippen LogP contribution < -0.4 is 20.3 Å². The number of ether oxygens (including phenoxy) is 1. The molecule has 1 aromatic heterocycles. The van der Waals surface area contributed by atoms with E-state index < -0.39 is 0 Å². The number of anilines is 4. The first-order valence-electron chi connectivity index (χ1n) is 13.0. The molecule has 1 aromatic carbocycles. The van der Waals surface area contributed by atoms with Gasteiger partial charge >= 0.3 is 0 Å². The first-order valence-corrected chi connectivity index (χ1v) is 13.4. The van der Waals surface area contributed by atoms with Gasteiger partial charge in [-0.2, -0.15) is 15.0 Å². The Morgan fingerprint density at radius 1 is 0.971 bits per heavy atom. The Kier molecular flexibility index (Phi) is 8.55. The van der Waals surface area contributed by atoms with E-state index in [0.29, 0.717) is 28.7 Å². The third kappa shape index (κ3) is 6.47. The number of halogens is 1. The Bertz CT molecular complexity index is 972. The van der Waals surface area contributed by atoms with Crippen molar-refractivity contribution in [3.63, 3.8) is 0 Å². The Hall–Kier alpha value is -2.32. The van der Waals surface area contributed by atoms with Crippen molar-refractivity contribution < 1.29 is 4.74 Å². The second-order valence-electron chi connectivity index (χ2n) is 10.2. The molecule has 2 aromatic rings. The summed E-state index contributed by atoms with van der Waals surface area (Å²) >= 11 is 6.66. The molecule has 2 aliphatic rings. The minimum Gasteiger partial charge on any atom is -0.489 e. The largest absolute Gasteiger partial charge is 0.489 e. The van der Waals surface area contributed by atoms with Crippen LogP contribution in [0.2, 0.25) is 5.02 Å². The molecule has 0 radical (unpaired) electrons. The van der Waals surface area contributed by atoms with Gasteiger partial charge in [0.05, 0.1) is 11.1 Å². The van der Waals surface area contributed by atoms with Gasteiger partial charge in [-0.25, -0.2) is 0 Å². The molecule has 2 N–H and O–H groups in total. The Morgan fingerprint density at radius 3 is 2.26 bits per heavy atom. The van der Waals surface area contributed by atoms with Crippen LogP contribution in [0, 0.1) is 0 Å². The fraction of sp³-hybridized carbons (Fsp3) is 0.654. The van der Waals surface area contributed by atoms with Gasteiger partial charge in [0, 0.05) is 24.8 Å². The van der Waals surface area contributed by atoms with Gasteiger partial charge in [-0.1, -0.05) is 37.3 Å². The van der Waals surface area contributed by atoms with Crippen molar-refractivity contribution in [1.29, 1.82) is 0 Å². The zero-order valence-electron chi connectivity index (χ0n) is 21.6. The molecule has 8 nitrogen and oxygen atoms in total. The van der Waals surface area contributed by atoms with Crippen molar-refractivity contribution in [2.24, 2.45) is 0 Å². The molecule has 1 aliphatic carbocycles. The summed E-state index contributed by atoms with van der Waals surface area (Å²) in [5.74, 6) is 2.15. The standard InChI is InChI=1S/C26H40ClN7O/c1-18(2)35-23-12-11-21(17-22(23)27)34(20-9-7-5-6-8-10-20)26-30-24(28)29-25(31-26)33(4)19-13-15-32(3)16-14-19/h11-12,17-20H,5-10,13-16H2,1-4H3,(H2,28,29,30,31). The Morgan fingerprint density at radius 2 is 1.63 bits per heavy atom. The van der Waals surface area contributed by atoms with Crippen LogP contribution in [0.25, 0.3) is 0 Å². The highest BCUT2D eigenvalue weighted by Crippen LogP contribution is 2.37. The van der Waals surface area contributed by atoms with Gasteiger partial charge in [-0.15, -0.1) is 0 Å². The molecule has 4 rings (SSSR count). The fourth-order valence-electron chi connectivity index (χ4n) is 5.18. The fourth-order valence-corrected chi connectivity index (χ4v) is 5.39. The lowest BCUT2D eigenvalue weighted by molar-refractivity contribution is 0.242. The summed E-state index contributed by atoms with van der Waals surface area (Å²) in [6, 6.07) is 6.61. The van der Waals surface area contributed by atoms with E-state index in [1.54, 1.807) is 0 Å². The highest BCUT2D eigenvalue weighted by atomic mass is 35.5. The van der Waals surface area contributed by atoms with Crippen LogP contribution in [0.5, 0.6) is 5.75 Å². The molecule has 35 heavy (non-hydrogen) atoms. The summed E-state index contributed by atoms with van der Waals surface area (Å²) in [5.41, 5.74) is 7.22. The van der Waals surface area contributed by atoms with E-state index in [0.717, 1.165) is 44.5 Å². The van der Waals surface area contributed by atoms with E-state index in [4.69, 9.17) is 27.1 Å². The predicted molar refractivity (Wildman–Crippen MR) is 144 cm³/mol. The normalized spacial score (nSPS) is 18.5. The van der Waals surface area contributed by atoms with E-state index in [9.17, 15) is 0 Å². The van der Waals surface area contributed by atoms with Gasteiger partial charge in [0.15, 0.2) is 0 Å². The Labute approximate surface area is 214 Å². The topological polar surface area (TPSA) is 83.6 Å². The third-order valence-electron chi connectivity index (χ3n) is 7.14. The minimum absolute atomic E-state index is 0.0531. The van der Waals surface area contributed by atoms with E-state index in [1.807, 2.05) is 26.0 Å². The maximum Gasteiger partial charge on any atom is 0.236 e. The molecule has 2 heterocycles. The number of likely N-dealkylation sites (tertiary alicyclic amines) is 1. The summed E-state index contributed by atoms with van der Waals surface area (Å²) < 4.78 is 5.87. The molecule has 2 fully saturated rings. The molecular weight excluding hydrogens is 462 g/mol. The predicted octanol–water partition coefficient (Wildman–Crippen LogP) is 5.29. The molecule has 0 unspecified atom stereocenters. The Balaban J connectivity index is 1.70. The molecular formula is C26H40ClN7O. The zero-order valence-corrected chi connectivity index (χ0v) is 22.3. The number of piperidine rings is 1. The molecule has 1 aliphatic heterocycles. The first-order chi connectivity index (χ1) is 16.8. The quantitative estimate of drug-likeness (QED) is 0.512. The number of nitrogen functional groups attached to an aromatic ring is 1. The molecule has 0 amide bonds. The second-order valence-corrected chi connectivity index (χ2v) is 10.6. The summed E-state index contributed by atoms with van der Waals surface area (Å²) in [7, 11) is 4.24. The van der Waals surface area contributed by atoms with Crippen molar-refractivity contribution in [1.82, 2.24) is 19.9 Å². The van der Waals surface area contributed by atoms with Gasteiger partial charge in [-0.05, 0) is 77.9 Å². The molecule has 192 valence electrons. The van der Waals surface area contributed by atoms with Gasteiger partial charge < -0.3 is 25.2 Å². The van der Waals surface area contributed by atoms with E-state index in [2.05, 4.69) is 44.8 Å². The smallest absolute Gasteiger partial charge is 0.236 e. The van der Waals surface area contributed by atoms with Crippen LogP contribution >= 0.6 is 11.6 Å². The number of nitrogens with two attached hydrogens (primary N) is 1. The molecule has 0 spiro atoms. The molecule has 0 bridgehead atoms. The molecule has 1 saturated heterocycles. The monoisotopic (exact) mass is 501 g/mol. The summed E-state index contributed by atoms with van der Waals surface area (Å²) in [4.78, 5) is 20.9. The van der Waals surface area contributed by atoms with Gasteiger partial charge in [-0.3, -0.25) is 0 Å². The van der Waals surface area contributed by atoms with Crippen molar-refractivity contribution in [3.8, 4) is 5.75 Å². The van der Waals surface area contributed by atoms with Gasteiger partial charge in [0.25, 0.3) is 0 Å². The minimum atomic E-state index is 0.0531. The number of hydrogen-bond donors (Lipinski definition) is 1. The number of hydrogen-bond acceptors (Lipinski definition) is 8. The van der Waals surface area contributed by atoms with E-state index in [1.165, 1.54) is 25.7 Å². The number of nitrogens with zero attached hydrogens (tertiary/aromatic N) is 6. The number of benzene rings is 1. The van der Waals surface area contributed by atoms with Crippen molar-refractivity contribution >= 4 is 35.1 Å². The maximum absolute atomic E-state index is 6.66. The van der Waals surface area contributed by atoms with Crippen LogP contribution in [-0.4, -0.2) is 65.2 Å². The zero-order chi connectivity index (χ0) is 24.9. The van der Waals surface area contributed by atoms with Crippen LogP contribution in [0.3, 0.4) is 0 Å². The number of rotatable bonds is 7. The van der Waals surface area contributed by atoms with Crippen LogP contribution in [0.1, 0.15) is 65.2 Å². The van der Waals surface area contributed by atoms with Gasteiger partial charge in [0.2, 0.25) is 17.8 Å². The maximum atomic E-state index is 6.66. The van der Waals surface area contributed by atoms with Gasteiger partial charge in [0.1, 0.15) is 5.75 Å². The molecule has 9 heteroatoms. The van der Waals surface area contributed by atoms with Crippen LogP contribution in [0.15, 0.2) is 18.2 Å². The lowest BCUT2D eigenvalue weighted by atomic mass is 10.0. The summed E-state index contributed by atoms with van der Waals surface area (Å²) in [6.45, 7) is 6.13. The highest BCUT2D eigenvalue weighted by molar-refractivity contribution is 6.32. The average Bonchev–Trinajstić information content (AvgIpc) is 3.10. The lowest BCUT2D eigenvalue weighted by Crippen LogP contribution is -2.43. The van der Waals surface area contributed by atoms with Crippen LogP contribution in [0.4, 0.5) is 23.5 Å². The SMILES string of the molecule is CC(C)Oc1ccc(N(c2nc(N)nc(N(C)C3CCN(C)CC3)n2)C2CCCCCC2)cc1Cl. The lowest BCUT2D eigenvalue weighted by Gasteiger charge is -2.36. The second kappa shape index (κ2) is 11.6. The molecule has 1 saturated carbocycles. The third-order valence-corrected chi connectivity index (χ3v) is 7.44. The highest BCUT2D eigenvalue weighted by Gasteiger charge is 2.28. The number of aromatic nitrogens is 3. The van der Waals surface area contributed by atoms with Crippen molar-refractivity contribution in [3.05, 3.63) is 23.2 Å². The summed E-state index contributed by atoms with van der Waals surface area (Å²) in [6.07, 6.45) is 9.25. The van der Waals surface area contributed by atoms with Crippen LogP contribution in [-0.2, 0) is 0 Å².